The van der Waals surface area contributed by atoms with Crippen molar-refractivity contribution in [3.8, 4) is 12.3 Å². The van der Waals surface area contributed by atoms with Crippen LogP contribution in [0, 0.1) is 18.3 Å². The summed E-state index contributed by atoms with van der Waals surface area (Å²) in [5.41, 5.74) is 2.49. The molecule has 0 saturated carbocycles. The Bertz CT molecular complexity index is 832. The number of nitrogens with zero attached hydrogens (tertiary/aromatic N) is 2. The van der Waals surface area contributed by atoms with Crippen LogP contribution in [-0.4, -0.2) is 48.8 Å². The number of hydrogen-bond acceptors (Lipinski definition) is 3. The van der Waals surface area contributed by atoms with E-state index in [4.69, 9.17) is 6.42 Å². The Kier molecular flexibility index (Phi) is 6.15. The van der Waals surface area contributed by atoms with Crippen molar-refractivity contribution in [1.82, 2.24) is 10.2 Å². The summed E-state index contributed by atoms with van der Waals surface area (Å²) in [5.74, 6) is 2.11. The third-order valence-corrected chi connectivity index (χ3v) is 5.40. The number of hydrogen-bond donors (Lipinski definition) is 1. The molecule has 2 heterocycles. The zero-order valence-electron chi connectivity index (χ0n) is 15.9. The number of rotatable bonds is 4. The average Bonchev–Trinajstić information content (AvgIpc) is 2.75. The van der Waals surface area contributed by atoms with Crippen LogP contribution in [0.4, 0.5) is 5.69 Å². The molecule has 2 aliphatic rings. The second-order valence-corrected chi connectivity index (χ2v) is 7.13. The number of aryl methyl sites for hydroxylation is 1. The molecule has 6 heteroatoms. The molecule has 3 rings (SSSR count). The van der Waals surface area contributed by atoms with Gasteiger partial charge in [-0.15, -0.1) is 6.42 Å². The number of carbonyl (C=O) groups is 3. The quantitative estimate of drug-likeness (QED) is 0.640. The fourth-order valence-electron chi connectivity index (χ4n) is 3.88. The molecule has 1 N–H and O–H groups in total. The summed E-state index contributed by atoms with van der Waals surface area (Å²) in [6.45, 7) is 5.56. The van der Waals surface area contributed by atoms with Crippen molar-refractivity contribution in [2.24, 2.45) is 5.92 Å². The van der Waals surface area contributed by atoms with Crippen molar-refractivity contribution < 1.29 is 14.4 Å². The zero-order chi connectivity index (χ0) is 20.1. The van der Waals surface area contributed by atoms with Crippen LogP contribution in [0.3, 0.4) is 0 Å². The number of piperidine rings is 1. The molecule has 2 aliphatic heterocycles. The van der Waals surface area contributed by atoms with Gasteiger partial charge in [-0.1, -0.05) is 12.5 Å². The minimum absolute atomic E-state index is 0.0301. The first-order valence-corrected chi connectivity index (χ1v) is 9.62. The molecule has 1 aromatic rings. The van der Waals surface area contributed by atoms with Gasteiger partial charge in [0.2, 0.25) is 11.8 Å². The smallest absolute Gasteiger partial charge is 0.253 e. The number of likely N-dealkylation sites (tertiary alicyclic amines) is 1. The third-order valence-electron chi connectivity index (χ3n) is 5.40. The fourth-order valence-corrected chi connectivity index (χ4v) is 3.88. The Hall–Kier alpha value is -3.07. The van der Waals surface area contributed by atoms with E-state index in [9.17, 15) is 14.4 Å². The number of fused-ring (bicyclic) bond motifs is 1. The first kappa shape index (κ1) is 19.7. The van der Waals surface area contributed by atoms with Crippen molar-refractivity contribution >= 4 is 23.4 Å². The Morgan fingerprint density at radius 1 is 1.25 bits per heavy atom. The van der Waals surface area contributed by atoms with E-state index in [2.05, 4.69) is 17.8 Å². The number of amides is 3. The second kappa shape index (κ2) is 8.75. The van der Waals surface area contributed by atoms with Crippen LogP contribution in [0.2, 0.25) is 0 Å². The fraction of sp³-hybridized carbons (Fsp3) is 0.409. The first-order chi connectivity index (χ1) is 13.5. The maximum Gasteiger partial charge on any atom is 0.253 e. The van der Waals surface area contributed by atoms with Gasteiger partial charge in [0.25, 0.3) is 5.91 Å². The average molecular weight is 379 g/mol. The topological polar surface area (TPSA) is 69.7 Å². The van der Waals surface area contributed by atoms with Crippen LogP contribution in [0.5, 0.6) is 0 Å². The van der Waals surface area contributed by atoms with Crippen LogP contribution >= 0.6 is 0 Å². The van der Waals surface area contributed by atoms with Crippen molar-refractivity contribution in [1.29, 1.82) is 0 Å². The predicted octanol–water partition coefficient (Wildman–Crippen LogP) is 1.75. The monoisotopic (exact) mass is 379 g/mol. The van der Waals surface area contributed by atoms with Gasteiger partial charge in [0, 0.05) is 36.8 Å². The molecule has 0 radical (unpaired) electrons. The molecule has 0 aromatic heterocycles. The van der Waals surface area contributed by atoms with E-state index in [0.717, 1.165) is 24.1 Å². The summed E-state index contributed by atoms with van der Waals surface area (Å²) < 4.78 is 0. The zero-order valence-corrected chi connectivity index (χ0v) is 15.9. The van der Waals surface area contributed by atoms with Gasteiger partial charge in [0.05, 0.1) is 6.54 Å². The summed E-state index contributed by atoms with van der Waals surface area (Å²) >= 11 is 0. The van der Waals surface area contributed by atoms with Crippen LogP contribution < -0.4 is 10.2 Å². The number of anilines is 1. The Morgan fingerprint density at radius 3 is 2.68 bits per heavy atom. The van der Waals surface area contributed by atoms with Gasteiger partial charge in [-0.2, -0.15) is 0 Å². The molecule has 0 unspecified atom stereocenters. The highest BCUT2D eigenvalue weighted by molar-refractivity contribution is 6.02. The maximum absolute atomic E-state index is 12.9. The largest absolute Gasteiger partial charge is 0.345 e. The second-order valence-electron chi connectivity index (χ2n) is 7.13. The standard InChI is InChI=1S/C22H25N3O3/c1-3-11-23-21(27)16-9-13-24(14-10-16)22(28)18-7-8-19-17(15-18)6-5-12-25(19)20(26)4-2/h1,4,7-8,15-16H,2,5-6,9-14H2,(H,23,27). The van der Waals surface area contributed by atoms with Gasteiger partial charge in [-0.25, -0.2) is 0 Å². The normalized spacial score (nSPS) is 16.7. The predicted molar refractivity (Wildman–Crippen MR) is 108 cm³/mol. The lowest BCUT2D eigenvalue weighted by Crippen LogP contribution is -2.43. The molecular weight excluding hydrogens is 354 g/mol. The van der Waals surface area contributed by atoms with E-state index >= 15 is 0 Å². The van der Waals surface area contributed by atoms with Crippen molar-refractivity contribution in [2.75, 3.05) is 31.1 Å². The Morgan fingerprint density at radius 2 is 2.00 bits per heavy atom. The molecule has 0 spiro atoms. The van der Waals surface area contributed by atoms with Crippen molar-refractivity contribution in [2.45, 2.75) is 25.7 Å². The molecule has 6 nitrogen and oxygen atoms in total. The molecular formula is C22H25N3O3. The van der Waals surface area contributed by atoms with Gasteiger partial charge in [-0.05, 0) is 55.5 Å². The van der Waals surface area contributed by atoms with Crippen LogP contribution in [0.15, 0.2) is 30.9 Å². The number of benzene rings is 1. The highest BCUT2D eigenvalue weighted by Crippen LogP contribution is 2.29. The molecule has 0 atom stereocenters. The SMILES string of the molecule is C#CCNC(=O)C1CCN(C(=O)c2ccc3c(c2)CCCN3C(=O)C=C)CC1. The molecule has 146 valence electrons. The van der Waals surface area contributed by atoms with E-state index in [0.29, 0.717) is 38.0 Å². The lowest BCUT2D eigenvalue weighted by molar-refractivity contribution is -0.126. The van der Waals surface area contributed by atoms with Gasteiger partial charge in [-0.3, -0.25) is 14.4 Å². The highest BCUT2D eigenvalue weighted by Gasteiger charge is 2.28. The van der Waals surface area contributed by atoms with E-state index < -0.39 is 0 Å². The Labute approximate surface area is 165 Å². The van der Waals surface area contributed by atoms with Crippen LogP contribution in [-0.2, 0) is 16.0 Å². The third kappa shape index (κ3) is 4.09. The van der Waals surface area contributed by atoms with E-state index in [1.807, 2.05) is 12.1 Å². The van der Waals surface area contributed by atoms with Crippen molar-refractivity contribution in [3.05, 3.63) is 42.0 Å². The van der Waals surface area contributed by atoms with E-state index in [-0.39, 0.29) is 30.2 Å². The van der Waals surface area contributed by atoms with Gasteiger partial charge in [0.15, 0.2) is 0 Å². The van der Waals surface area contributed by atoms with E-state index in [1.165, 1.54) is 6.08 Å². The molecule has 3 amide bonds. The first-order valence-electron chi connectivity index (χ1n) is 9.62. The maximum atomic E-state index is 12.9. The Balaban J connectivity index is 1.66. The van der Waals surface area contributed by atoms with E-state index in [1.54, 1.807) is 15.9 Å². The van der Waals surface area contributed by atoms with Gasteiger partial charge >= 0.3 is 0 Å². The minimum atomic E-state index is -0.120. The summed E-state index contributed by atoms with van der Waals surface area (Å²) in [5, 5.41) is 2.71. The highest BCUT2D eigenvalue weighted by atomic mass is 16.2. The summed E-state index contributed by atoms with van der Waals surface area (Å²) in [4.78, 5) is 40.5. The lowest BCUT2D eigenvalue weighted by atomic mass is 9.94. The van der Waals surface area contributed by atoms with Gasteiger partial charge < -0.3 is 15.1 Å². The lowest BCUT2D eigenvalue weighted by Gasteiger charge is -2.32. The number of carbonyl (C=O) groups excluding carboxylic acids is 3. The molecule has 0 bridgehead atoms. The van der Waals surface area contributed by atoms with Crippen LogP contribution in [0.1, 0.15) is 35.2 Å². The molecule has 1 fully saturated rings. The minimum Gasteiger partial charge on any atom is -0.345 e. The number of nitrogens with one attached hydrogen (secondary N) is 1. The summed E-state index contributed by atoms with van der Waals surface area (Å²) in [6.07, 6.45) is 9.46. The summed E-state index contributed by atoms with van der Waals surface area (Å²) in [6, 6.07) is 5.52. The molecule has 28 heavy (non-hydrogen) atoms. The van der Waals surface area contributed by atoms with Gasteiger partial charge in [0.1, 0.15) is 0 Å². The molecule has 0 aliphatic carbocycles. The number of terminal acetylenes is 1. The molecule has 1 saturated heterocycles. The molecule has 1 aromatic carbocycles. The van der Waals surface area contributed by atoms with Crippen molar-refractivity contribution in [3.63, 3.8) is 0 Å². The summed E-state index contributed by atoms with van der Waals surface area (Å²) in [7, 11) is 0. The van der Waals surface area contributed by atoms with Crippen LogP contribution in [0.25, 0.3) is 0 Å².